The summed E-state index contributed by atoms with van der Waals surface area (Å²) in [7, 11) is 0. The number of oxazole rings is 1. The van der Waals surface area contributed by atoms with Gasteiger partial charge in [-0.15, -0.1) is 0 Å². The molecule has 0 bridgehead atoms. The highest BCUT2D eigenvalue weighted by Crippen LogP contribution is 2.29. The number of hydrogen-bond donors (Lipinski definition) is 0. The number of fused-ring (bicyclic) bond motifs is 2. The molecule has 0 fully saturated rings. The van der Waals surface area contributed by atoms with E-state index >= 15 is 0 Å². The molecule has 0 aliphatic heterocycles. The molecular weight excluding hydrogens is 370 g/mol. The number of aromatic nitrogens is 1. The predicted octanol–water partition coefficient (Wildman–Crippen LogP) is 5.90. The van der Waals surface area contributed by atoms with Crippen molar-refractivity contribution in [3.05, 3.63) is 88.7 Å². The minimum atomic E-state index is -0.590. The van der Waals surface area contributed by atoms with Crippen molar-refractivity contribution in [3.8, 4) is 11.5 Å². The molecule has 0 unspecified atom stereocenters. The van der Waals surface area contributed by atoms with Gasteiger partial charge in [0.15, 0.2) is 11.3 Å². The fourth-order valence-corrected chi connectivity index (χ4v) is 3.09. The molecule has 0 spiro atoms. The molecular formula is C22H13N3O4. The van der Waals surface area contributed by atoms with E-state index < -0.39 is 4.92 Å². The Kier molecular flexibility index (Phi) is 3.91. The Morgan fingerprint density at radius 1 is 0.931 bits per heavy atom. The third kappa shape index (κ3) is 3.25. The second kappa shape index (κ2) is 6.72. The minimum Gasteiger partial charge on any atom is -0.436 e. The van der Waals surface area contributed by atoms with Crippen molar-refractivity contribution in [1.82, 2.24) is 4.98 Å². The second-order valence-electron chi connectivity index (χ2n) is 6.42. The van der Waals surface area contributed by atoms with E-state index in [0.717, 1.165) is 16.3 Å². The molecule has 29 heavy (non-hydrogen) atoms. The summed E-state index contributed by atoms with van der Waals surface area (Å²) < 4.78 is 11.0. The molecule has 5 aromatic rings. The number of nitrogens with zero attached hydrogens (tertiary/aromatic N) is 3. The van der Waals surface area contributed by atoms with Gasteiger partial charge in [-0.25, -0.2) is 4.98 Å². The van der Waals surface area contributed by atoms with E-state index in [1.165, 1.54) is 18.3 Å². The first-order chi connectivity index (χ1) is 14.2. The predicted molar refractivity (Wildman–Crippen MR) is 110 cm³/mol. The molecule has 0 N–H and O–H groups in total. The number of aliphatic imine (C=N–C) groups is 1. The van der Waals surface area contributed by atoms with Crippen LogP contribution in [0.3, 0.4) is 0 Å². The van der Waals surface area contributed by atoms with Crippen LogP contribution < -0.4 is 0 Å². The molecule has 0 aliphatic carbocycles. The Morgan fingerprint density at radius 2 is 1.79 bits per heavy atom. The van der Waals surface area contributed by atoms with Gasteiger partial charge in [-0.1, -0.05) is 30.3 Å². The number of benzene rings is 3. The van der Waals surface area contributed by atoms with E-state index in [-0.39, 0.29) is 5.88 Å². The summed E-state index contributed by atoms with van der Waals surface area (Å²) in [6.45, 7) is 0. The zero-order valence-electron chi connectivity index (χ0n) is 15.0. The fourth-order valence-electron chi connectivity index (χ4n) is 3.09. The standard InChI is InChI=1S/C22H13N3O4/c26-25(27)21-10-8-18(28-21)13-23-17-7-9-20-19(12-17)24-22(29-20)16-6-5-14-3-1-2-4-15(14)11-16/h1-13H. The SMILES string of the molecule is O=[N+]([O-])c1ccc(C=Nc2ccc3oc(-c4ccc5ccccc5c4)nc3c2)o1. The van der Waals surface area contributed by atoms with Gasteiger partial charge in [0.2, 0.25) is 5.89 Å². The van der Waals surface area contributed by atoms with Crippen molar-refractivity contribution < 1.29 is 13.8 Å². The Morgan fingerprint density at radius 3 is 2.62 bits per heavy atom. The topological polar surface area (TPSA) is 94.7 Å². The normalized spacial score (nSPS) is 11.6. The van der Waals surface area contributed by atoms with Crippen LogP contribution in [0.1, 0.15) is 5.76 Å². The maximum atomic E-state index is 10.7. The highest BCUT2D eigenvalue weighted by Gasteiger charge is 2.11. The van der Waals surface area contributed by atoms with Gasteiger partial charge in [0.1, 0.15) is 10.4 Å². The molecule has 3 aromatic carbocycles. The van der Waals surface area contributed by atoms with Gasteiger partial charge in [-0.2, -0.15) is 0 Å². The van der Waals surface area contributed by atoms with Gasteiger partial charge in [-0.05, 0) is 47.2 Å². The third-order valence-corrected chi connectivity index (χ3v) is 4.50. The molecule has 7 heteroatoms. The van der Waals surface area contributed by atoms with Crippen molar-refractivity contribution in [2.24, 2.45) is 4.99 Å². The van der Waals surface area contributed by atoms with E-state index in [9.17, 15) is 10.1 Å². The summed E-state index contributed by atoms with van der Waals surface area (Å²) in [4.78, 5) is 19.0. The molecule has 140 valence electrons. The van der Waals surface area contributed by atoms with Crippen molar-refractivity contribution in [1.29, 1.82) is 0 Å². The number of nitro groups is 1. The lowest BCUT2D eigenvalue weighted by molar-refractivity contribution is -0.402. The Hall–Kier alpha value is -4.26. The maximum absolute atomic E-state index is 10.7. The molecule has 0 aliphatic rings. The van der Waals surface area contributed by atoms with Gasteiger partial charge in [0, 0.05) is 5.56 Å². The van der Waals surface area contributed by atoms with E-state index in [1.54, 1.807) is 18.2 Å². The second-order valence-corrected chi connectivity index (χ2v) is 6.42. The highest BCUT2D eigenvalue weighted by atomic mass is 16.6. The lowest BCUT2D eigenvalue weighted by atomic mass is 10.1. The lowest BCUT2D eigenvalue weighted by Gasteiger charge is -1.99. The summed E-state index contributed by atoms with van der Waals surface area (Å²) in [5.41, 5.74) is 2.86. The molecule has 0 saturated carbocycles. The largest absolute Gasteiger partial charge is 0.436 e. The molecule has 7 nitrogen and oxygen atoms in total. The van der Waals surface area contributed by atoms with E-state index in [4.69, 9.17) is 8.83 Å². The number of rotatable bonds is 4. The van der Waals surface area contributed by atoms with Crippen molar-refractivity contribution >= 4 is 39.7 Å². The Bertz CT molecular complexity index is 1400. The summed E-state index contributed by atoms with van der Waals surface area (Å²) in [5, 5.41) is 12.9. The average Bonchev–Trinajstić information content (AvgIpc) is 3.38. The minimum absolute atomic E-state index is 0.300. The first-order valence-corrected chi connectivity index (χ1v) is 8.84. The van der Waals surface area contributed by atoms with Crippen LogP contribution in [0.5, 0.6) is 0 Å². The number of hydrogen-bond acceptors (Lipinski definition) is 6. The molecule has 5 rings (SSSR count). The summed E-state index contributed by atoms with van der Waals surface area (Å²) in [5.74, 6) is 0.515. The van der Waals surface area contributed by atoms with E-state index in [2.05, 4.69) is 16.0 Å². The van der Waals surface area contributed by atoms with E-state index in [1.807, 2.05) is 36.4 Å². The Balaban J connectivity index is 1.46. The van der Waals surface area contributed by atoms with Crippen LogP contribution in [0.15, 0.2) is 86.6 Å². The van der Waals surface area contributed by atoms with Gasteiger partial charge < -0.3 is 8.83 Å². The zero-order chi connectivity index (χ0) is 19.8. The van der Waals surface area contributed by atoms with Crippen LogP contribution in [0.2, 0.25) is 0 Å². The van der Waals surface area contributed by atoms with Gasteiger partial charge in [0.25, 0.3) is 0 Å². The van der Waals surface area contributed by atoms with E-state index in [0.29, 0.717) is 28.4 Å². The fraction of sp³-hybridized carbons (Fsp3) is 0. The van der Waals surface area contributed by atoms with Crippen molar-refractivity contribution in [3.63, 3.8) is 0 Å². The first-order valence-electron chi connectivity index (χ1n) is 8.84. The van der Waals surface area contributed by atoms with Gasteiger partial charge >= 0.3 is 5.88 Å². The van der Waals surface area contributed by atoms with Crippen LogP contribution in [0, 0.1) is 10.1 Å². The summed E-state index contributed by atoms with van der Waals surface area (Å²) >= 11 is 0. The van der Waals surface area contributed by atoms with Gasteiger partial charge in [0.05, 0.1) is 18.0 Å². The first kappa shape index (κ1) is 16.9. The van der Waals surface area contributed by atoms with Crippen LogP contribution in [0.25, 0.3) is 33.3 Å². The highest BCUT2D eigenvalue weighted by molar-refractivity contribution is 5.88. The van der Waals surface area contributed by atoms with Crippen LogP contribution >= 0.6 is 0 Å². The summed E-state index contributed by atoms with van der Waals surface area (Å²) in [6, 6.07) is 22.3. The van der Waals surface area contributed by atoms with Crippen molar-refractivity contribution in [2.75, 3.05) is 0 Å². The van der Waals surface area contributed by atoms with Crippen LogP contribution in [-0.2, 0) is 0 Å². The monoisotopic (exact) mass is 383 g/mol. The molecule has 0 radical (unpaired) electrons. The average molecular weight is 383 g/mol. The quantitative estimate of drug-likeness (QED) is 0.219. The lowest BCUT2D eigenvalue weighted by Crippen LogP contribution is -1.83. The number of furan rings is 1. The molecule has 2 aromatic heterocycles. The smallest absolute Gasteiger partial charge is 0.433 e. The third-order valence-electron chi connectivity index (χ3n) is 4.50. The van der Waals surface area contributed by atoms with Crippen molar-refractivity contribution in [2.45, 2.75) is 0 Å². The molecule has 0 amide bonds. The van der Waals surface area contributed by atoms with Gasteiger partial charge in [-0.3, -0.25) is 15.1 Å². The van der Waals surface area contributed by atoms with Crippen LogP contribution in [-0.4, -0.2) is 16.1 Å². The molecule has 0 saturated heterocycles. The zero-order valence-corrected chi connectivity index (χ0v) is 15.0. The Labute approximate surface area is 164 Å². The van der Waals surface area contributed by atoms with Crippen LogP contribution in [0.4, 0.5) is 11.6 Å². The molecule has 2 heterocycles. The maximum Gasteiger partial charge on any atom is 0.433 e. The molecule has 0 atom stereocenters. The summed E-state index contributed by atoms with van der Waals surface area (Å²) in [6.07, 6.45) is 1.43.